The average Bonchev–Trinajstić information content (AvgIpc) is 3.04. The van der Waals surface area contributed by atoms with Crippen molar-refractivity contribution < 1.29 is 13.2 Å². The van der Waals surface area contributed by atoms with Gasteiger partial charge in [0, 0.05) is 13.1 Å². The second-order valence-electron chi connectivity index (χ2n) is 4.75. The highest BCUT2D eigenvalue weighted by Crippen LogP contribution is 2.34. The fourth-order valence-electron chi connectivity index (χ4n) is 2.24. The SMILES string of the molecule is Cc1nc2ccccc2n1CCNc1ncc(C(F)(F)F)s1. The fraction of sp³-hybridized carbons (Fsp3) is 0.286. The minimum absolute atomic E-state index is 0.273. The van der Waals surface area contributed by atoms with Gasteiger partial charge in [-0.2, -0.15) is 13.2 Å². The Morgan fingerprint density at radius 2 is 2.05 bits per heavy atom. The van der Waals surface area contributed by atoms with E-state index in [9.17, 15) is 13.2 Å². The number of nitrogens with zero attached hydrogens (tertiary/aromatic N) is 3. The normalized spacial score (nSPS) is 12.0. The number of imidazole rings is 1. The molecule has 0 aliphatic heterocycles. The maximum Gasteiger partial charge on any atom is 0.427 e. The lowest BCUT2D eigenvalue weighted by atomic mass is 10.3. The molecule has 0 amide bonds. The third-order valence-corrected chi connectivity index (χ3v) is 4.24. The lowest BCUT2D eigenvalue weighted by Crippen LogP contribution is -2.11. The number of fused-ring (bicyclic) bond motifs is 1. The van der Waals surface area contributed by atoms with Crippen LogP contribution >= 0.6 is 11.3 Å². The van der Waals surface area contributed by atoms with Crippen LogP contribution in [0, 0.1) is 6.92 Å². The third kappa shape index (κ3) is 2.92. The van der Waals surface area contributed by atoms with E-state index in [4.69, 9.17) is 0 Å². The number of anilines is 1. The molecular weight excluding hydrogens is 313 g/mol. The monoisotopic (exact) mass is 326 g/mol. The molecule has 4 nitrogen and oxygen atoms in total. The van der Waals surface area contributed by atoms with Crippen LogP contribution in [0.15, 0.2) is 30.5 Å². The molecule has 0 unspecified atom stereocenters. The maximum atomic E-state index is 12.5. The summed E-state index contributed by atoms with van der Waals surface area (Å²) in [5.41, 5.74) is 1.92. The molecule has 1 aromatic carbocycles. The van der Waals surface area contributed by atoms with E-state index in [0.717, 1.165) is 23.1 Å². The predicted octanol–water partition coefficient (Wildman–Crippen LogP) is 3.93. The molecule has 0 radical (unpaired) electrons. The molecule has 0 fully saturated rings. The van der Waals surface area contributed by atoms with Gasteiger partial charge < -0.3 is 9.88 Å². The molecule has 0 bridgehead atoms. The van der Waals surface area contributed by atoms with Crippen molar-refractivity contribution in [3.05, 3.63) is 41.2 Å². The molecule has 1 N–H and O–H groups in total. The number of rotatable bonds is 4. The first-order chi connectivity index (χ1) is 10.4. The van der Waals surface area contributed by atoms with Gasteiger partial charge in [0.1, 0.15) is 10.7 Å². The number of halogens is 3. The van der Waals surface area contributed by atoms with Crippen LogP contribution in [0.2, 0.25) is 0 Å². The molecule has 0 atom stereocenters. The second kappa shape index (κ2) is 5.60. The summed E-state index contributed by atoms with van der Waals surface area (Å²) in [6.45, 7) is 2.99. The first kappa shape index (κ1) is 14.8. The van der Waals surface area contributed by atoms with E-state index in [-0.39, 0.29) is 5.13 Å². The summed E-state index contributed by atoms with van der Waals surface area (Å²) in [5, 5.41) is 3.20. The van der Waals surface area contributed by atoms with Crippen LogP contribution in [0.1, 0.15) is 10.7 Å². The minimum Gasteiger partial charge on any atom is -0.360 e. The first-order valence-corrected chi connectivity index (χ1v) is 7.45. The van der Waals surface area contributed by atoms with Crippen LogP contribution in [-0.4, -0.2) is 21.1 Å². The second-order valence-corrected chi connectivity index (χ2v) is 5.78. The molecule has 2 heterocycles. The quantitative estimate of drug-likeness (QED) is 0.790. The number of thiazole rings is 1. The van der Waals surface area contributed by atoms with Crippen molar-refractivity contribution in [2.45, 2.75) is 19.6 Å². The zero-order valence-electron chi connectivity index (χ0n) is 11.7. The Morgan fingerprint density at radius 1 is 1.27 bits per heavy atom. The predicted molar refractivity (Wildman–Crippen MR) is 80.1 cm³/mol. The van der Waals surface area contributed by atoms with E-state index >= 15 is 0 Å². The zero-order chi connectivity index (χ0) is 15.7. The van der Waals surface area contributed by atoms with E-state index < -0.39 is 11.1 Å². The van der Waals surface area contributed by atoms with Gasteiger partial charge in [0.15, 0.2) is 5.13 Å². The zero-order valence-corrected chi connectivity index (χ0v) is 12.5. The molecule has 3 aromatic rings. The van der Waals surface area contributed by atoms with Crippen molar-refractivity contribution in [3.63, 3.8) is 0 Å². The van der Waals surface area contributed by atoms with Gasteiger partial charge in [0.25, 0.3) is 0 Å². The standard InChI is InChI=1S/C14H13F3N4S/c1-9-20-10-4-2-3-5-11(10)21(9)7-6-18-13-19-8-12(22-13)14(15,16)17/h2-5,8H,6-7H2,1H3,(H,18,19). The number of aromatic nitrogens is 3. The molecule has 0 saturated carbocycles. The Hall–Kier alpha value is -2.09. The minimum atomic E-state index is -4.34. The van der Waals surface area contributed by atoms with E-state index in [1.807, 2.05) is 35.8 Å². The Morgan fingerprint density at radius 3 is 2.77 bits per heavy atom. The first-order valence-electron chi connectivity index (χ1n) is 6.64. The van der Waals surface area contributed by atoms with Gasteiger partial charge in [0.2, 0.25) is 0 Å². The number of nitrogens with one attached hydrogen (secondary N) is 1. The number of para-hydroxylation sites is 2. The molecule has 3 rings (SSSR count). The number of hydrogen-bond acceptors (Lipinski definition) is 4. The summed E-state index contributed by atoms with van der Waals surface area (Å²) in [6.07, 6.45) is -3.49. The van der Waals surface area contributed by atoms with Crippen molar-refractivity contribution in [2.75, 3.05) is 11.9 Å². The molecule has 0 aliphatic rings. The number of benzene rings is 1. The van der Waals surface area contributed by atoms with Crippen molar-refractivity contribution >= 4 is 27.5 Å². The van der Waals surface area contributed by atoms with Gasteiger partial charge >= 0.3 is 6.18 Å². The summed E-state index contributed by atoms with van der Waals surface area (Å²) in [4.78, 5) is 7.50. The number of alkyl halides is 3. The maximum absolute atomic E-state index is 12.5. The molecule has 0 spiro atoms. The topological polar surface area (TPSA) is 42.7 Å². The lowest BCUT2D eigenvalue weighted by molar-refractivity contribution is -0.134. The highest BCUT2D eigenvalue weighted by atomic mass is 32.1. The van der Waals surface area contributed by atoms with E-state index in [2.05, 4.69) is 15.3 Å². The Bertz CT molecular complexity index is 791. The molecule has 2 aromatic heterocycles. The fourth-order valence-corrected chi connectivity index (χ4v) is 2.95. The Labute approximate surface area is 128 Å². The van der Waals surface area contributed by atoms with Gasteiger partial charge in [0.05, 0.1) is 17.2 Å². The van der Waals surface area contributed by atoms with Gasteiger partial charge in [-0.05, 0) is 19.1 Å². The van der Waals surface area contributed by atoms with E-state index in [1.54, 1.807) is 0 Å². The molecule has 8 heteroatoms. The molecule has 0 saturated heterocycles. The van der Waals surface area contributed by atoms with Gasteiger partial charge in [-0.1, -0.05) is 23.5 Å². The molecular formula is C14H13F3N4S. The highest BCUT2D eigenvalue weighted by molar-refractivity contribution is 7.15. The van der Waals surface area contributed by atoms with Crippen molar-refractivity contribution in [1.82, 2.24) is 14.5 Å². The van der Waals surface area contributed by atoms with Crippen LogP contribution in [-0.2, 0) is 12.7 Å². The summed E-state index contributed by atoms with van der Waals surface area (Å²) in [6, 6.07) is 7.76. The lowest BCUT2D eigenvalue weighted by Gasteiger charge is -2.07. The number of aryl methyl sites for hydroxylation is 1. The van der Waals surface area contributed by atoms with Gasteiger partial charge in [-0.3, -0.25) is 0 Å². The summed E-state index contributed by atoms with van der Waals surface area (Å²) >= 11 is 0.613. The smallest absolute Gasteiger partial charge is 0.360 e. The van der Waals surface area contributed by atoms with Crippen LogP contribution in [0.3, 0.4) is 0 Å². The van der Waals surface area contributed by atoms with Crippen molar-refractivity contribution in [1.29, 1.82) is 0 Å². The summed E-state index contributed by atoms with van der Waals surface area (Å²) in [7, 11) is 0. The van der Waals surface area contributed by atoms with Crippen LogP contribution < -0.4 is 5.32 Å². The van der Waals surface area contributed by atoms with Crippen molar-refractivity contribution in [3.8, 4) is 0 Å². The van der Waals surface area contributed by atoms with Crippen LogP contribution in [0.4, 0.5) is 18.3 Å². The van der Waals surface area contributed by atoms with Gasteiger partial charge in [-0.25, -0.2) is 9.97 Å². The van der Waals surface area contributed by atoms with Crippen LogP contribution in [0.25, 0.3) is 11.0 Å². The molecule has 116 valence electrons. The molecule has 0 aliphatic carbocycles. The average molecular weight is 326 g/mol. The highest BCUT2D eigenvalue weighted by Gasteiger charge is 2.33. The van der Waals surface area contributed by atoms with Gasteiger partial charge in [-0.15, -0.1) is 0 Å². The number of hydrogen-bond donors (Lipinski definition) is 1. The summed E-state index contributed by atoms with van der Waals surface area (Å²) in [5.74, 6) is 0.873. The third-order valence-electron chi connectivity index (χ3n) is 3.24. The summed E-state index contributed by atoms with van der Waals surface area (Å²) < 4.78 is 39.5. The van der Waals surface area contributed by atoms with E-state index in [0.29, 0.717) is 24.4 Å². The van der Waals surface area contributed by atoms with Crippen molar-refractivity contribution in [2.24, 2.45) is 0 Å². The van der Waals surface area contributed by atoms with Crippen LogP contribution in [0.5, 0.6) is 0 Å². The Balaban J connectivity index is 1.68. The molecule has 22 heavy (non-hydrogen) atoms. The van der Waals surface area contributed by atoms with E-state index in [1.165, 1.54) is 0 Å². The largest absolute Gasteiger partial charge is 0.427 e. The Kier molecular flexibility index (Phi) is 3.78.